The molecule has 0 aliphatic carbocycles. The maximum absolute atomic E-state index is 12.4. The van der Waals surface area contributed by atoms with E-state index in [-0.39, 0.29) is 6.09 Å². The Morgan fingerprint density at radius 2 is 1.90 bits per heavy atom. The summed E-state index contributed by atoms with van der Waals surface area (Å²) in [7, 11) is 0. The number of nitrogens with one attached hydrogen (secondary N) is 1. The van der Waals surface area contributed by atoms with E-state index in [9.17, 15) is 4.79 Å². The molecule has 4 heteroatoms. The molecule has 2 aliphatic rings. The van der Waals surface area contributed by atoms with Gasteiger partial charge in [-0.05, 0) is 72.3 Å². The van der Waals surface area contributed by atoms with E-state index in [4.69, 9.17) is 4.74 Å². The summed E-state index contributed by atoms with van der Waals surface area (Å²) in [6, 6.07) is 1.03. The van der Waals surface area contributed by atoms with Gasteiger partial charge in [-0.15, -0.1) is 0 Å². The third-order valence-corrected chi connectivity index (χ3v) is 4.52. The number of hydrogen-bond acceptors (Lipinski definition) is 3. The molecule has 2 heterocycles. The molecule has 122 valence electrons. The van der Waals surface area contributed by atoms with Crippen molar-refractivity contribution in [3.63, 3.8) is 0 Å². The van der Waals surface area contributed by atoms with Crippen molar-refractivity contribution in [3.05, 3.63) is 0 Å². The molecule has 0 aromatic heterocycles. The van der Waals surface area contributed by atoms with Gasteiger partial charge in [0, 0.05) is 18.6 Å². The van der Waals surface area contributed by atoms with Crippen LogP contribution in [0.3, 0.4) is 0 Å². The van der Waals surface area contributed by atoms with Gasteiger partial charge in [-0.1, -0.05) is 6.42 Å². The fourth-order valence-electron chi connectivity index (χ4n) is 3.43. The Morgan fingerprint density at radius 1 is 1.14 bits per heavy atom. The molecule has 1 amide bonds. The Morgan fingerprint density at radius 3 is 2.57 bits per heavy atom. The highest BCUT2D eigenvalue weighted by Crippen LogP contribution is 2.25. The Hall–Kier alpha value is -0.770. The van der Waals surface area contributed by atoms with Gasteiger partial charge < -0.3 is 15.0 Å². The highest BCUT2D eigenvalue weighted by Gasteiger charge is 2.30. The van der Waals surface area contributed by atoms with Crippen molar-refractivity contribution in [2.45, 2.75) is 89.8 Å². The summed E-state index contributed by atoms with van der Waals surface area (Å²) >= 11 is 0. The smallest absolute Gasteiger partial charge is 0.410 e. The van der Waals surface area contributed by atoms with Crippen molar-refractivity contribution in [1.29, 1.82) is 0 Å². The van der Waals surface area contributed by atoms with E-state index < -0.39 is 5.60 Å². The summed E-state index contributed by atoms with van der Waals surface area (Å²) in [5.74, 6) is 0. The number of piperidine rings is 2. The number of carbonyl (C=O) groups is 1. The van der Waals surface area contributed by atoms with Crippen LogP contribution in [-0.2, 0) is 4.74 Å². The van der Waals surface area contributed by atoms with Crippen LogP contribution in [0.1, 0.15) is 72.1 Å². The molecule has 0 aromatic rings. The number of nitrogens with zero attached hydrogens (tertiary/aromatic N) is 1. The third kappa shape index (κ3) is 5.50. The zero-order valence-corrected chi connectivity index (χ0v) is 14.0. The van der Waals surface area contributed by atoms with E-state index in [0.29, 0.717) is 12.1 Å². The number of amides is 1. The largest absolute Gasteiger partial charge is 0.444 e. The lowest BCUT2D eigenvalue weighted by atomic mass is 9.93. The molecular formula is C17H32N2O2. The molecule has 21 heavy (non-hydrogen) atoms. The topological polar surface area (TPSA) is 41.6 Å². The van der Waals surface area contributed by atoms with Crippen LogP contribution in [0.25, 0.3) is 0 Å². The van der Waals surface area contributed by atoms with Gasteiger partial charge >= 0.3 is 6.09 Å². The van der Waals surface area contributed by atoms with E-state index >= 15 is 0 Å². The number of hydrogen-bond donors (Lipinski definition) is 1. The molecule has 2 rings (SSSR count). The van der Waals surface area contributed by atoms with Crippen molar-refractivity contribution in [2.24, 2.45) is 0 Å². The number of ether oxygens (including phenoxy) is 1. The molecule has 4 nitrogen and oxygen atoms in total. The van der Waals surface area contributed by atoms with Gasteiger partial charge in [-0.2, -0.15) is 0 Å². The summed E-state index contributed by atoms with van der Waals surface area (Å²) in [4.78, 5) is 14.3. The molecule has 0 aromatic carbocycles. The minimum absolute atomic E-state index is 0.121. The Labute approximate surface area is 129 Å². The minimum Gasteiger partial charge on any atom is -0.444 e. The van der Waals surface area contributed by atoms with E-state index in [1.807, 2.05) is 25.7 Å². The van der Waals surface area contributed by atoms with E-state index in [1.54, 1.807) is 0 Å². The van der Waals surface area contributed by atoms with Crippen LogP contribution < -0.4 is 5.32 Å². The molecule has 2 fully saturated rings. The van der Waals surface area contributed by atoms with Crippen molar-refractivity contribution in [1.82, 2.24) is 10.2 Å². The highest BCUT2D eigenvalue weighted by molar-refractivity contribution is 5.68. The van der Waals surface area contributed by atoms with Crippen LogP contribution >= 0.6 is 0 Å². The molecule has 0 spiro atoms. The second-order valence-corrected chi connectivity index (χ2v) is 7.55. The molecule has 0 saturated carbocycles. The lowest BCUT2D eigenvalue weighted by molar-refractivity contribution is 0.00823. The normalized spacial score (nSPS) is 27.5. The average Bonchev–Trinajstić information content (AvgIpc) is 2.45. The Bertz CT molecular complexity index is 332. The summed E-state index contributed by atoms with van der Waals surface area (Å²) in [6.07, 6.45) is 9.59. The van der Waals surface area contributed by atoms with Crippen LogP contribution in [0.5, 0.6) is 0 Å². The fourth-order valence-corrected chi connectivity index (χ4v) is 3.43. The molecule has 2 aliphatic heterocycles. The molecular weight excluding hydrogens is 264 g/mol. The number of carbonyl (C=O) groups excluding carboxylic acids is 1. The van der Waals surface area contributed by atoms with Gasteiger partial charge in [0.1, 0.15) is 5.60 Å². The predicted molar refractivity (Wildman–Crippen MR) is 85.5 cm³/mol. The second-order valence-electron chi connectivity index (χ2n) is 7.55. The number of likely N-dealkylation sites (tertiary alicyclic amines) is 1. The van der Waals surface area contributed by atoms with Crippen molar-refractivity contribution in [3.8, 4) is 0 Å². The SMILES string of the molecule is CC(C)(C)OC(=O)N1CCCC[C@@H]1CC[C@H]1CCCCN1. The summed E-state index contributed by atoms with van der Waals surface area (Å²) in [5.41, 5.74) is -0.399. The van der Waals surface area contributed by atoms with Crippen LogP contribution in [0.2, 0.25) is 0 Å². The highest BCUT2D eigenvalue weighted by atomic mass is 16.6. The maximum atomic E-state index is 12.4. The molecule has 0 unspecified atom stereocenters. The maximum Gasteiger partial charge on any atom is 0.410 e. The van der Waals surface area contributed by atoms with E-state index in [2.05, 4.69) is 5.32 Å². The Kier molecular flexibility index (Phi) is 5.91. The second kappa shape index (κ2) is 7.48. The first-order valence-corrected chi connectivity index (χ1v) is 8.69. The zero-order valence-electron chi connectivity index (χ0n) is 14.0. The van der Waals surface area contributed by atoms with Gasteiger partial charge in [0.15, 0.2) is 0 Å². The van der Waals surface area contributed by atoms with Crippen molar-refractivity contribution >= 4 is 6.09 Å². The Balaban J connectivity index is 1.84. The molecule has 2 atom stereocenters. The van der Waals surface area contributed by atoms with Crippen LogP contribution in [-0.4, -0.2) is 41.8 Å². The zero-order chi connectivity index (χ0) is 15.3. The molecule has 2 saturated heterocycles. The van der Waals surface area contributed by atoms with E-state index in [1.165, 1.54) is 32.1 Å². The van der Waals surface area contributed by atoms with Gasteiger partial charge in [0.25, 0.3) is 0 Å². The van der Waals surface area contributed by atoms with Gasteiger partial charge in [0.05, 0.1) is 0 Å². The predicted octanol–water partition coefficient (Wildman–Crippen LogP) is 3.70. The third-order valence-electron chi connectivity index (χ3n) is 4.52. The summed E-state index contributed by atoms with van der Waals surface area (Å²) in [6.45, 7) is 7.84. The van der Waals surface area contributed by atoms with Crippen LogP contribution in [0.15, 0.2) is 0 Å². The summed E-state index contributed by atoms with van der Waals surface area (Å²) in [5, 5.41) is 3.61. The van der Waals surface area contributed by atoms with Crippen molar-refractivity contribution in [2.75, 3.05) is 13.1 Å². The first-order chi connectivity index (χ1) is 9.96. The first kappa shape index (κ1) is 16.6. The first-order valence-electron chi connectivity index (χ1n) is 8.69. The van der Waals surface area contributed by atoms with Gasteiger partial charge in [-0.3, -0.25) is 0 Å². The van der Waals surface area contributed by atoms with Gasteiger partial charge in [0.2, 0.25) is 0 Å². The van der Waals surface area contributed by atoms with Crippen molar-refractivity contribution < 1.29 is 9.53 Å². The fraction of sp³-hybridized carbons (Fsp3) is 0.941. The van der Waals surface area contributed by atoms with Crippen LogP contribution in [0, 0.1) is 0 Å². The number of rotatable bonds is 3. The lowest BCUT2D eigenvalue weighted by Gasteiger charge is -2.37. The molecule has 0 bridgehead atoms. The molecule has 0 radical (unpaired) electrons. The standard InChI is InChI=1S/C17H32N2O2/c1-17(2,3)21-16(20)19-13-7-5-9-15(19)11-10-14-8-4-6-12-18-14/h14-15,18H,4-13H2,1-3H3/t14-,15-/m1/s1. The monoisotopic (exact) mass is 296 g/mol. The van der Waals surface area contributed by atoms with E-state index in [0.717, 1.165) is 32.4 Å². The quantitative estimate of drug-likeness (QED) is 0.863. The van der Waals surface area contributed by atoms with Gasteiger partial charge in [-0.25, -0.2) is 4.79 Å². The lowest BCUT2D eigenvalue weighted by Crippen LogP contribution is -2.47. The van der Waals surface area contributed by atoms with Crippen LogP contribution in [0.4, 0.5) is 4.79 Å². The summed E-state index contributed by atoms with van der Waals surface area (Å²) < 4.78 is 5.57. The molecule has 1 N–H and O–H groups in total. The average molecular weight is 296 g/mol. The minimum atomic E-state index is -0.399.